The van der Waals surface area contributed by atoms with Gasteiger partial charge in [-0.3, -0.25) is 19.5 Å². The molecule has 0 saturated carbocycles. The monoisotopic (exact) mass is 362 g/mol. The Bertz CT molecular complexity index is 856. The average molecular weight is 363 g/mol. The Morgan fingerprint density at radius 2 is 2.20 bits per heavy atom. The van der Waals surface area contributed by atoms with E-state index in [-0.39, 0.29) is 35.3 Å². The van der Waals surface area contributed by atoms with Gasteiger partial charge in [0.15, 0.2) is 0 Å². The van der Waals surface area contributed by atoms with Crippen molar-refractivity contribution in [2.75, 3.05) is 18.1 Å². The number of carbonyl (C=O) groups is 2. The van der Waals surface area contributed by atoms with Crippen LogP contribution in [0.2, 0.25) is 5.02 Å². The zero-order chi connectivity index (χ0) is 18.1. The van der Waals surface area contributed by atoms with Gasteiger partial charge in [0, 0.05) is 22.3 Å². The van der Waals surface area contributed by atoms with Crippen LogP contribution in [0.1, 0.15) is 25.5 Å². The third-order valence-corrected chi connectivity index (χ3v) is 4.29. The summed E-state index contributed by atoms with van der Waals surface area (Å²) in [6.07, 6.45) is 1.55. The maximum atomic E-state index is 14.7. The number of pyridine rings is 1. The minimum atomic E-state index is -0.642. The second-order valence-electron chi connectivity index (χ2n) is 5.67. The number of esters is 1. The molecule has 1 aliphatic rings. The highest BCUT2D eigenvalue weighted by molar-refractivity contribution is 6.31. The molecule has 2 heterocycles. The quantitative estimate of drug-likeness (QED) is 0.783. The lowest BCUT2D eigenvalue weighted by Gasteiger charge is -2.24. The Hall–Kier alpha value is -2.47. The van der Waals surface area contributed by atoms with Crippen molar-refractivity contribution in [3.05, 3.63) is 47.0 Å². The van der Waals surface area contributed by atoms with Crippen LogP contribution < -0.4 is 4.90 Å². The van der Waals surface area contributed by atoms with Crippen LogP contribution in [-0.2, 0) is 14.3 Å². The number of carbonyl (C=O) groups excluding carboxylic acids is 2. The molecule has 1 atom stereocenters. The highest BCUT2D eigenvalue weighted by Gasteiger charge is 2.35. The van der Waals surface area contributed by atoms with E-state index >= 15 is 0 Å². The van der Waals surface area contributed by atoms with Gasteiger partial charge in [-0.1, -0.05) is 17.7 Å². The number of aromatic nitrogens is 1. The first kappa shape index (κ1) is 17.4. The van der Waals surface area contributed by atoms with Crippen LogP contribution >= 0.6 is 11.6 Å². The number of amides is 1. The average Bonchev–Trinajstić information content (AvgIpc) is 2.65. The smallest absolute Gasteiger partial charge is 0.326 e. The van der Waals surface area contributed by atoms with E-state index < -0.39 is 17.7 Å². The second kappa shape index (κ2) is 6.80. The molecular weight excluding hydrogens is 347 g/mol. The van der Waals surface area contributed by atoms with E-state index in [9.17, 15) is 14.0 Å². The molecule has 1 aromatic carbocycles. The van der Waals surface area contributed by atoms with E-state index in [1.165, 1.54) is 17.0 Å². The number of hydrogen-bond donors (Lipinski definition) is 0. The molecule has 130 valence electrons. The van der Waals surface area contributed by atoms with Crippen molar-refractivity contribution in [2.24, 2.45) is 0 Å². The van der Waals surface area contributed by atoms with Crippen molar-refractivity contribution in [3.8, 4) is 11.1 Å². The van der Waals surface area contributed by atoms with Gasteiger partial charge in [-0.25, -0.2) is 4.39 Å². The molecular formula is C18H16ClFN2O3. The van der Waals surface area contributed by atoms with E-state index in [0.29, 0.717) is 11.3 Å². The van der Waals surface area contributed by atoms with Gasteiger partial charge in [0.05, 0.1) is 23.9 Å². The van der Waals surface area contributed by atoms with Crippen LogP contribution in [0, 0.1) is 5.82 Å². The number of nitrogens with zero attached hydrogens (tertiary/aromatic N) is 2. The van der Waals surface area contributed by atoms with E-state index in [0.717, 1.165) is 0 Å². The molecule has 0 fully saturated rings. The van der Waals surface area contributed by atoms with E-state index in [1.54, 1.807) is 32.2 Å². The summed E-state index contributed by atoms with van der Waals surface area (Å²) in [5.41, 5.74) is 1.41. The summed E-state index contributed by atoms with van der Waals surface area (Å²) in [4.78, 5) is 30.4. The van der Waals surface area contributed by atoms with Crippen LogP contribution in [0.25, 0.3) is 11.1 Å². The molecule has 3 rings (SSSR count). The van der Waals surface area contributed by atoms with Crippen LogP contribution in [0.4, 0.5) is 10.1 Å². The van der Waals surface area contributed by atoms with Crippen molar-refractivity contribution >= 4 is 29.2 Å². The van der Waals surface area contributed by atoms with Gasteiger partial charge < -0.3 is 4.74 Å². The summed E-state index contributed by atoms with van der Waals surface area (Å²) in [6.45, 7) is 3.22. The van der Waals surface area contributed by atoms with Gasteiger partial charge in [0.2, 0.25) is 5.91 Å². The number of anilines is 1. The van der Waals surface area contributed by atoms with Crippen LogP contribution in [0.5, 0.6) is 0 Å². The molecule has 25 heavy (non-hydrogen) atoms. The number of fused-ring (bicyclic) bond motifs is 3. The van der Waals surface area contributed by atoms with E-state index in [2.05, 4.69) is 4.98 Å². The molecule has 0 aliphatic carbocycles. The summed E-state index contributed by atoms with van der Waals surface area (Å²) >= 11 is 6.00. The minimum absolute atomic E-state index is 0.137. The lowest BCUT2D eigenvalue weighted by Crippen LogP contribution is -2.38. The molecule has 0 bridgehead atoms. The third-order valence-electron chi connectivity index (χ3n) is 4.07. The molecule has 1 aliphatic heterocycles. The number of hydrogen-bond acceptors (Lipinski definition) is 4. The standard InChI is InChI=1S/C18H16ClFN2O3/c1-3-25-15(23)9-22-14-8-11(19)7-13(20)16(14)12-5-4-6-21-17(12)10(2)18(22)24/h4-8,10H,3,9H2,1-2H3. The van der Waals surface area contributed by atoms with Gasteiger partial charge in [-0.2, -0.15) is 0 Å². The normalized spacial score (nSPS) is 16.1. The summed E-state index contributed by atoms with van der Waals surface area (Å²) in [5.74, 6) is -2.16. The molecule has 2 aromatic rings. The number of halogens is 2. The van der Waals surface area contributed by atoms with Gasteiger partial charge in [-0.05, 0) is 32.0 Å². The fourth-order valence-corrected chi connectivity index (χ4v) is 3.18. The van der Waals surface area contributed by atoms with Gasteiger partial charge >= 0.3 is 5.97 Å². The van der Waals surface area contributed by atoms with Crippen LogP contribution in [0.15, 0.2) is 30.5 Å². The Labute approximate surface area is 149 Å². The Kier molecular flexibility index (Phi) is 4.72. The van der Waals surface area contributed by atoms with Gasteiger partial charge in [-0.15, -0.1) is 0 Å². The summed E-state index contributed by atoms with van der Waals surface area (Å²) in [7, 11) is 0. The largest absolute Gasteiger partial charge is 0.465 e. The van der Waals surface area contributed by atoms with Crippen molar-refractivity contribution in [1.82, 2.24) is 4.98 Å². The lowest BCUT2D eigenvalue weighted by atomic mass is 9.97. The SMILES string of the molecule is CCOC(=O)CN1C(=O)C(C)c2ncccc2-c2c(F)cc(Cl)cc21. The molecule has 1 amide bonds. The molecule has 0 saturated heterocycles. The first-order valence-electron chi connectivity index (χ1n) is 7.85. The maximum absolute atomic E-state index is 14.7. The third kappa shape index (κ3) is 3.09. The number of benzene rings is 1. The summed E-state index contributed by atoms with van der Waals surface area (Å²) < 4.78 is 19.7. The zero-order valence-corrected chi connectivity index (χ0v) is 14.5. The van der Waals surface area contributed by atoms with Crippen molar-refractivity contribution in [2.45, 2.75) is 19.8 Å². The summed E-state index contributed by atoms with van der Waals surface area (Å²) in [5, 5.41) is 0.137. The highest BCUT2D eigenvalue weighted by Crippen LogP contribution is 2.42. The molecule has 1 unspecified atom stereocenters. The Morgan fingerprint density at radius 3 is 2.92 bits per heavy atom. The first-order valence-corrected chi connectivity index (χ1v) is 8.23. The second-order valence-corrected chi connectivity index (χ2v) is 6.11. The fourth-order valence-electron chi connectivity index (χ4n) is 2.98. The predicted octanol–water partition coefficient (Wildman–Crippen LogP) is 3.55. The van der Waals surface area contributed by atoms with Crippen molar-refractivity contribution in [1.29, 1.82) is 0 Å². The number of ether oxygens (including phenoxy) is 1. The molecule has 1 aromatic heterocycles. The van der Waals surface area contributed by atoms with E-state index in [1.807, 2.05) is 0 Å². The molecule has 5 nitrogen and oxygen atoms in total. The lowest BCUT2D eigenvalue weighted by molar-refractivity contribution is -0.142. The first-order chi connectivity index (χ1) is 11.9. The van der Waals surface area contributed by atoms with E-state index in [4.69, 9.17) is 16.3 Å². The molecule has 7 heteroatoms. The van der Waals surface area contributed by atoms with Gasteiger partial charge in [0.1, 0.15) is 12.4 Å². The summed E-state index contributed by atoms with van der Waals surface area (Å²) in [6, 6.07) is 6.04. The van der Waals surface area contributed by atoms with Crippen molar-refractivity contribution in [3.63, 3.8) is 0 Å². The van der Waals surface area contributed by atoms with Crippen LogP contribution in [-0.4, -0.2) is 30.0 Å². The molecule has 0 spiro atoms. The predicted molar refractivity (Wildman–Crippen MR) is 92.0 cm³/mol. The molecule has 0 N–H and O–H groups in total. The maximum Gasteiger partial charge on any atom is 0.326 e. The Balaban J connectivity index is 2.24. The van der Waals surface area contributed by atoms with Crippen molar-refractivity contribution < 1.29 is 18.7 Å². The zero-order valence-electron chi connectivity index (χ0n) is 13.8. The molecule has 0 radical (unpaired) electrons. The fraction of sp³-hybridized carbons (Fsp3) is 0.278. The highest BCUT2D eigenvalue weighted by atomic mass is 35.5. The topological polar surface area (TPSA) is 59.5 Å². The Morgan fingerprint density at radius 1 is 1.44 bits per heavy atom. The number of rotatable bonds is 3. The minimum Gasteiger partial charge on any atom is -0.465 e. The van der Waals surface area contributed by atoms with Crippen LogP contribution in [0.3, 0.4) is 0 Å². The van der Waals surface area contributed by atoms with Gasteiger partial charge in [0.25, 0.3) is 0 Å².